The number of nitrogens with one attached hydrogen (secondary N) is 1. The highest BCUT2D eigenvalue weighted by molar-refractivity contribution is 6.20. The molecule has 0 unspecified atom stereocenters. The Morgan fingerprint density at radius 1 is 1.24 bits per heavy atom. The molecule has 3 heterocycles. The van der Waals surface area contributed by atoms with Crippen molar-refractivity contribution >= 4 is 29.0 Å². The minimum absolute atomic E-state index is 0.151. The van der Waals surface area contributed by atoms with Crippen LogP contribution in [0.3, 0.4) is 0 Å². The largest absolute Gasteiger partial charge is 0.487 e. The van der Waals surface area contributed by atoms with Crippen LogP contribution in [0.25, 0.3) is 11.3 Å². The third kappa shape index (κ3) is 5.11. The van der Waals surface area contributed by atoms with Crippen molar-refractivity contribution in [1.29, 1.82) is 0 Å². The fraction of sp³-hybridized carbons (Fsp3) is 0.273. The topological polar surface area (TPSA) is 89.4 Å². The summed E-state index contributed by atoms with van der Waals surface area (Å²) in [7, 11) is 1.60. The lowest BCUT2D eigenvalue weighted by Crippen LogP contribution is -2.46. The third-order valence-electron chi connectivity index (χ3n) is 5.32. The Kier molecular flexibility index (Phi) is 6.03. The number of nitrogens with zero attached hydrogens (tertiary/aromatic N) is 4. The normalized spacial score (nSPS) is 15.7. The molecule has 0 aliphatic carbocycles. The van der Waals surface area contributed by atoms with E-state index in [1.165, 1.54) is 47.4 Å². The van der Waals surface area contributed by atoms with Crippen LogP contribution in [0.5, 0.6) is 5.75 Å². The number of hydrogen-bond acceptors (Lipinski definition) is 6. The second kappa shape index (κ2) is 8.78. The van der Waals surface area contributed by atoms with Crippen molar-refractivity contribution in [3.8, 4) is 17.0 Å². The first-order valence-electron chi connectivity index (χ1n) is 10.1. The van der Waals surface area contributed by atoms with Gasteiger partial charge in [-0.25, -0.2) is 9.97 Å². The number of pyridine rings is 1. The van der Waals surface area contributed by atoms with Gasteiger partial charge in [0, 0.05) is 54.7 Å². The molecule has 0 radical (unpaired) electrons. The van der Waals surface area contributed by atoms with E-state index in [0.717, 1.165) is 13.0 Å². The van der Waals surface area contributed by atoms with Crippen molar-refractivity contribution in [2.24, 2.45) is 7.05 Å². The van der Waals surface area contributed by atoms with Crippen molar-refractivity contribution in [3.63, 3.8) is 0 Å². The van der Waals surface area contributed by atoms with Crippen molar-refractivity contribution in [2.75, 3.05) is 16.8 Å². The van der Waals surface area contributed by atoms with Crippen LogP contribution in [-0.2, 0) is 7.05 Å². The highest BCUT2D eigenvalue weighted by Gasteiger charge is 2.29. The molecule has 1 aliphatic heterocycles. The van der Waals surface area contributed by atoms with E-state index in [4.69, 9.17) is 11.6 Å². The first-order valence-corrected chi connectivity index (χ1v) is 10.5. The average Bonchev–Trinajstić information content (AvgIpc) is 2.75. The predicted molar refractivity (Wildman–Crippen MR) is 120 cm³/mol. The molecule has 0 bridgehead atoms. The number of rotatable bonds is 6. The van der Waals surface area contributed by atoms with Gasteiger partial charge in [0.15, 0.2) is 0 Å². The first-order chi connectivity index (χ1) is 15.6. The lowest BCUT2D eigenvalue weighted by atomic mass is 10.0. The maximum Gasteiger partial charge on any atom is 0.487 e. The summed E-state index contributed by atoms with van der Waals surface area (Å²) in [6.07, 6.45) is 3.89. The van der Waals surface area contributed by atoms with E-state index >= 15 is 0 Å². The number of hydrogen-bond donors (Lipinski definition) is 1. The van der Waals surface area contributed by atoms with Crippen molar-refractivity contribution in [3.05, 3.63) is 64.8 Å². The summed E-state index contributed by atoms with van der Waals surface area (Å²) < 4.78 is 31.1. The van der Waals surface area contributed by atoms with Crippen LogP contribution < -0.4 is 20.5 Å². The van der Waals surface area contributed by atoms with Crippen LogP contribution in [0.15, 0.2) is 53.7 Å². The summed E-state index contributed by atoms with van der Waals surface area (Å²) in [5.74, 6) is 0.0309. The van der Waals surface area contributed by atoms with Gasteiger partial charge in [-0.1, -0.05) is 0 Å². The van der Waals surface area contributed by atoms with Gasteiger partial charge in [-0.3, -0.25) is 9.59 Å². The summed E-state index contributed by atoms with van der Waals surface area (Å²) in [6, 6.07) is 8.64. The minimum Gasteiger partial charge on any atom is -0.420 e. The average molecular weight is 476 g/mol. The zero-order chi connectivity index (χ0) is 23.8. The van der Waals surface area contributed by atoms with Crippen LogP contribution in [0.4, 0.5) is 20.3 Å². The molecule has 1 amide bonds. The van der Waals surface area contributed by atoms with E-state index in [-0.39, 0.29) is 22.9 Å². The number of carbonyl (C=O) groups excluding carboxylic acids is 1. The number of aromatic nitrogens is 3. The predicted octanol–water partition coefficient (Wildman–Crippen LogP) is 3.86. The van der Waals surface area contributed by atoms with Gasteiger partial charge in [0.1, 0.15) is 11.6 Å². The Morgan fingerprint density at radius 2 is 1.97 bits per heavy atom. The molecule has 0 saturated carbocycles. The Morgan fingerprint density at radius 3 is 2.55 bits per heavy atom. The number of ether oxygens (including phenoxy) is 1. The second-order valence-electron chi connectivity index (χ2n) is 7.68. The summed E-state index contributed by atoms with van der Waals surface area (Å²) in [6.45, 7) is 2.88. The minimum atomic E-state index is -3.82. The van der Waals surface area contributed by atoms with E-state index in [1.54, 1.807) is 13.1 Å². The quantitative estimate of drug-likeness (QED) is 0.544. The third-order valence-corrected chi connectivity index (χ3v) is 5.40. The molecule has 1 saturated heterocycles. The van der Waals surface area contributed by atoms with Gasteiger partial charge in [0.05, 0.1) is 17.6 Å². The standard InChI is InChI=1S/C22H20ClF2N5O3/c1-13-7-8-30(13)20-17(18-10-19(31)29(2)12-27-18)9-14(11-26-20)21(32)28-15-3-5-16(6-4-15)33-22(23,24)25/h3-6,9-13H,7-8H2,1-2H3,(H,28,32)/t13-/m0/s1. The molecule has 1 fully saturated rings. The van der Waals surface area contributed by atoms with Crippen LogP contribution >= 0.6 is 11.6 Å². The number of amides is 1. The fourth-order valence-corrected chi connectivity index (χ4v) is 3.47. The Hall–Kier alpha value is -3.53. The zero-order valence-corrected chi connectivity index (χ0v) is 18.5. The number of alkyl halides is 3. The van der Waals surface area contributed by atoms with Crippen molar-refractivity contribution in [2.45, 2.75) is 25.0 Å². The highest BCUT2D eigenvalue weighted by atomic mass is 35.5. The number of benzene rings is 1. The number of carbonyl (C=O) groups is 1. The second-order valence-corrected chi connectivity index (χ2v) is 8.12. The van der Waals surface area contributed by atoms with Gasteiger partial charge in [0.2, 0.25) is 0 Å². The molecule has 2 aromatic heterocycles. The van der Waals surface area contributed by atoms with Crippen molar-refractivity contribution < 1.29 is 18.3 Å². The van der Waals surface area contributed by atoms with Crippen LogP contribution in [0.2, 0.25) is 0 Å². The SMILES string of the molecule is C[C@H]1CCN1c1ncc(C(=O)Nc2ccc(OC(F)(F)Cl)cc2)cc1-c1cc(=O)n(C)cn1. The molecule has 1 atom stereocenters. The molecule has 1 aliphatic rings. The van der Waals surface area contributed by atoms with Gasteiger partial charge in [-0.2, -0.15) is 0 Å². The number of halogens is 3. The molecular weight excluding hydrogens is 456 g/mol. The van der Waals surface area contributed by atoms with Crippen molar-refractivity contribution in [1.82, 2.24) is 14.5 Å². The Bertz CT molecular complexity index is 1240. The fourth-order valence-electron chi connectivity index (χ4n) is 3.38. The molecule has 1 N–H and O–H groups in total. The Labute approximate surface area is 192 Å². The molecule has 1 aromatic carbocycles. The summed E-state index contributed by atoms with van der Waals surface area (Å²) in [5.41, 5.74) is -2.47. The zero-order valence-electron chi connectivity index (χ0n) is 17.8. The van der Waals surface area contributed by atoms with Gasteiger partial charge >= 0.3 is 5.57 Å². The molecular formula is C22H20ClF2N5O3. The van der Waals surface area contributed by atoms with Gasteiger partial charge in [0.25, 0.3) is 11.5 Å². The first kappa shape index (κ1) is 22.7. The summed E-state index contributed by atoms with van der Waals surface area (Å²) >= 11 is 4.75. The number of aryl methyl sites for hydroxylation is 1. The van der Waals surface area contributed by atoms with Crippen LogP contribution in [0, 0.1) is 0 Å². The monoisotopic (exact) mass is 475 g/mol. The van der Waals surface area contributed by atoms with E-state index < -0.39 is 11.5 Å². The summed E-state index contributed by atoms with van der Waals surface area (Å²) in [4.78, 5) is 35.9. The van der Waals surface area contributed by atoms with Crippen LogP contribution in [-0.4, -0.2) is 38.6 Å². The van der Waals surface area contributed by atoms with Gasteiger partial charge < -0.3 is 19.5 Å². The Balaban J connectivity index is 1.62. The molecule has 4 rings (SSSR count). The molecule has 11 heteroatoms. The maximum absolute atomic E-state index is 12.8. The van der Waals surface area contributed by atoms with Crippen LogP contribution in [0.1, 0.15) is 23.7 Å². The van der Waals surface area contributed by atoms with Gasteiger partial charge in [-0.15, -0.1) is 8.78 Å². The molecule has 8 nitrogen and oxygen atoms in total. The van der Waals surface area contributed by atoms with E-state index in [9.17, 15) is 18.4 Å². The molecule has 3 aromatic rings. The smallest absolute Gasteiger partial charge is 0.420 e. The highest BCUT2D eigenvalue weighted by Crippen LogP contribution is 2.33. The van der Waals surface area contributed by atoms with E-state index in [2.05, 4.69) is 31.8 Å². The van der Waals surface area contributed by atoms with E-state index in [0.29, 0.717) is 22.8 Å². The molecule has 172 valence electrons. The lowest BCUT2D eigenvalue weighted by Gasteiger charge is -2.40. The molecule has 0 spiro atoms. The molecule has 33 heavy (non-hydrogen) atoms. The summed E-state index contributed by atoms with van der Waals surface area (Å²) in [5, 5.41) is 2.68. The van der Waals surface area contributed by atoms with E-state index in [1.807, 2.05) is 0 Å². The lowest BCUT2D eigenvalue weighted by molar-refractivity contribution is -0.0964. The van der Waals surface area contributed by atoms with Gasteiger partial charge in [-0.05, 0) is 43.7 Å². The number of anilines is 2. The maximum atomic E-state index is 12.8.